The molecule has 0 aromatic heterocycles. The van der Waals surface area contributed by atoms with Crippen molar-refractivity contribution < 1.29 is 22.8 Å². The van der Waals surface area contributed by atoms with Gasteiger partial charge in [-0.15, -0.1) is 0 Å². The Morgan fingerprint density at radius 1 is 1.03 bits per heavy atom. The number of para-hydroxylation sites is 1. The molecule has 2 amide bonds. The largest absolute Gasteiger partial charge is 0.416 e. The van der Waals surface area contributed by atoms with E-state index in [-0.39, 0.29) is 23.8 Å². The molecule has 0 spiro atoms. The molecule has 0 radical (unpaired) electrons. The van der Waals surface area contributed by atoms with Gasteiger partial charge in [0.25, 0.3) is 5.91 Å². The van der Waals surface area contributed by atoms with Crippen LogP contribution in [0.25, 0.3) is 0 Å². The van der Waals surface area contributed by atoms with E-state index in [9.17, 15) is 22.8 Å². The summed E-state index contributed by atoms with van der Waals surface area (Å²) < 4.78 is 38.8. The van der Waals surface area contributed by atoms with Crippen LogP contribution < -0.4 is 10.2 Å². The van der Waals surface area contributed by atoms with Gasteiger partial charge < -0.3 is 10.2 Å². The van der Waals surface area contributed by atoms with Crippen LogP contribution in [0, 0.1) is 5.92 Å². The summed E-state index contributed by atoms with van der Waals surface area (Å²) in [5, 5.41) is 3.08. The lowest BCUT2D eigenvalue weighted by atomic mass is 10.0. The van der Waals surface area contributed by atoms with Gasteiger partial charge in [-0.1, -0.05) is 30.3 Å². The molecule has 176 valence electrons. The van der Waals surface area contributed by atoms with Crippen LogP contribution >= 0.6 is 0 Å². The van der Waals surface area contributed by atoms with Gasteiger partial charge in [-0.3, -0.25) is 14.5 Å². The molecule has 2 aromatic carbocycles. The Hall–Kier alpha value is -2.87. The van der Waals surface area contributed by atoms with Crippen molar-refractivity contribution in [3.05, 3.63) is 65.2 Å². The zero-order chi connectivity index (χ0) is 23.6. The van der Waals surface area contributed by atoms with E-state index >= 15 is 0 Å². The van der Waals surface area contributed by atoms with E-state index in [0.29, 0.717) is 49.3 Å². The van der Waals surface area contributed by atoms with Crippen LogP contribution in [-0.2, 0) is 17.5 Å². The van der Waals surface area contributed by atoms with Gasteiger partial charge in [0, 0.05) is 38.6 Å². The molecule has 2 aromatic rings. The van der Waals surface area contributed by atoms with Crippen LogP contribution in [0.5, 0.6) is 0 Å². The fraction of sp³-hybridized carbons (Fsp3) is 0.440. The zero-order valence-electron chi connectivity index (χ0n) is 18.6. The third-order valence-electron chi connectivity index (χ3n) is 6.35. The number of hydrogen-bond donors (Lipinski definition) is 1. The number of carbonyl (C=O) groups excluding carboxylic acids is 2. The number of halogens is 3. The maximum atomic E-state index is 13.0. The second-order valence-corrected chi connectivity index (χ2v) is 8.91. The van der Waals surface area contributed by atoms with Crippen molar-refractivity contribution in [1.29, 1.82) is 0 Å². The topological polar surface area (TPSA) is 52.7 Å². The molecule has 33 heavy (non-hydrogen) atoms. The molecule has 0 bridgehead atoms. The van der Waals surface area contributed by atoms with Gasteiger partial charge in [0.1, 0.15) is 0 Å². The second kappa shape index (κ2) is 9.55. The van der Waals surface area contributed by atoms with Crippen molar-refractivity contribution in [1.82, 2.24) is 10.2 Å². The summed E-state index contributed by atoms with van der Waals surface area (Å²) in [4.78, 5) is 29.1. The average Bonchev–Trinajstić information content (AvgIpc) is 3.64. The minimum Gasteiger partial charge on any atom is -0.349 e. The fourth-order valence-corrected chi connectivity index (χ4v) is 4.28. The molecule has 1 N–H and O–H groups in total. The van der Waals surface area contributed by atoms with Crippen molar-refractivity contribution >= 4 is 17.5 Å². The standard InChI is InChI=1S/C25H28F3N3O2/c1-30(24(33)18-9-10-18)22-8-3-2-7-21(22)23(32)29-20-11-13-31(14-12-20)16-17-5-4-6-19(15-17)25(26,27)28/h2-8,15,18,20H,9-14,16H2,1H3,(H,29,32). The van der Waals surface area contributed by atoms with Crippen molar-refractivity contribution in [3.63, 3.8) is 0 Å². The number of amides is 2. The summed E-state index contributed by atoms with van der Waals surface area (Å²) in [6.07, 6.45) is -1.12. The Kier molecular flexibility index (Phi) is 6.74. The highest BCUT2D eigenvalue weighted by Crippen LogP contribution is 2.33. The second-order valence-electron chi connectivity index (χ2n) is 8.91. The van der Waals surface area contributed by atoms with E-state index in [2.05, 4.69) is 10.2 Å². The first kappa shape index (κ1) is 23.3. The molecule has 1 saturated carbocycles. The summed E-state index contributed by atoms with van der Waals surface area (Å²) in [7, 11) is 1.71. The summed E-state index contributed by atoms with van der Waals surface area (Å²) >= 11 is 0. The maximum Gasteiger partial charge on any atom is 0.416 e. The molecular weight excluding hydrogens is 431 g/mol. The summed E-state index contributed by atoms with van der Waals surface area (Å²) in [6.45, 7) is 1.81. The Labute approximate surface area is 191 Å². The number of carbonyl (C=O) groups is 2. The van der Waals surface area contributed by atoms with Crippen LogP contribution in [0.3, 0.4) is 0 Å². The predicted molar refractivity (Wildman–Crippen MR) is 120 cm³/mol. The first-order valence-corrected chi connectivity index (χ1v) is 11.3. The number of piperidine rings is 1. The third kappa shape index (κ3) is 5.74. The highest BCUT2D eigenvalue weighted by molar-refractivity contribution is 6.05. The minimum absolute atomic E-state index is 0.0206. The van der Waals surface area contributed by atoms with Crippen molar-refractivity contribution in [2.24, 2.45) is 5.92 Å². The molecule has 4 rings (SSSR count). The van der Waals surface area contributed by atoms with Crippen molar-refractivity contribution in [2.75, 3.05) is 25.0 Å². The average molecular weight is 460 g/mol. The highest BCUT2D eigenvalue weighted by atomic mass is 19.4. The fourth-order valence-electron chi connectivity index (χ4n) is 4.28. The molecule has 1 saturated heterocycles. The van der Waals surface area contributed by atoms with Gasteiger partial charge in [-0.05, 0) is 49.4 Å². The third-order valence-corrected chi connectivity index (χ3v) is 6.35. The van der Waals surface area contributed by atoms with E-state index in [1.807, 2.05) is 6.07 Å². The smallest absolute Gasteiger partial charge is 0.349 e. The number of alkyl halides is 3. The van der Waals surface area contributed by atoms with Crippen LogP contribution in [-0.4, -0.2) is 42.9 Å². The molecular formula is C25H28F3N3O2. The Balaban J connectivity index is 1.33. The number of nitrogens with zero attached hydrogens (tertiary/aromatic N) is 2. The van der Waals surface area contributed by atoms with Gasteiger partial charge in [0.15, 0.2) is 0 Å². The Morgan fingerprint density at radius 3 is 2.39 bits per heavy atom. The van der Waals surface area contributed by atoms with Crippen molar-refractivity contribution in [2.45, 2.75) is 44.4 Å². The molecule has 0 atom stereocenters. The summed E-state index contributed by atoms with van der Waals surface area (Å²) in [5.41, 5.74) is 1.07. The molecule has 0 unspecified atom stereocenters. The van der Waals surface area contributed by atoms with Gasteiger partial charge in [0.2, 0.25) is 5.91 Å². The van der Waals surface area contributed by atoms with Gasteiger partial charge in [-0.2, -0.15) is 13.2 Å². The SMILES string of the molecule is CN(C(=O)C1CC1)c1ccccc1C(=O)NC1CCN(Cc2cccc(C(F)(F)F)c2)CC1. The highest BCUT2D eigenvalue weighted by Gasteiger charge is 2.34. The monoisotopic (exact) mass is 459 g/mol. The van der Waals surface area contributed by atoms with E-state index in [0.717, 1.165) is 18.9 Å². The molecule has 2 aliphatic rings. The lowest BCUT2D eigenvalue weighted by Gasteiger charge is -2.32. The Morgan fingerprint density at radius 2 is 1.73 bits per heavy atom. The lowest BCUT2D eigenvalue weighted by Crippen LogP contribution is -2.44. The number of hydrogen-bond acceptors (Lipinski definition) is 3. The van der Waals surface area contributed by atoms with E-state index < -0.39 is 11.7 Å². The summed E-state index contributed by atoms with van der Waals surface area (Å²) in [6, 6.07) is 12.5. The maximum absolute atomic E-state index is 13.0. The van der Waals surface area contributed by atoms with E-state index in [1.165, 1.54) is 12.1 Å². The van der Waals surface area contributed by atoms with Crippen LogP contribution in [0.15, 0.2) is 48.5 Å². The Bertz CT molecular complexity index is 1010. The molecule has 5 nitrogen and oxygen atoms in total. The normalized spacial score (nSPS) is 17.6. The van der Waals surface area contributed by atoms with Crippen LogP contribution in [0.1, 0.15) is 47.2 Å². The molecule has 1 aliphatic carbocycles. The quantitative estimate of drug-likeness (QED) is 0.694. The number of benzene rings is 2. The lowest BCUT2D eigenvalue weighted by molar-refractivity contribution is -0.137. The van der Waals surface area contributed by atoms with Crippen molar-refractivity contribution in [3.8, 4) is 0 Å². The molecule has 1 heterocycles. The summed E-state index contributed by atoms with van der Waals surface area (Å²) in [5.74, 6) is -0.109. The van der Waals surface area contributed by atoms with Crippen LogP contribution in [0.2, 0.25) is 0 Å². The number of likely N-dealkylation sites (tertiary alicyclic amines) is 1. The number of nitrogens with one attached hydrogen (secondary N) is 1. The van der Waals surface area contributed by atoms with E-state index in [1.54, 1.807) is 36.2 Å². The first-order chi connectivity index (χ1) is 15.7. The van der Waals surface area contributed by atoms with E-state index in [4.69, 9.17) is 0 Å². The predicted octanol–water partition coefficient (Wildman–Crippen LogP) is 4.47. The van der Waals surface area contributed by atoms with Gasteiger partial charge in [0.05, 0.1) is 16.8 Å². The van der Waals surface area contributed by atoms with Gasteiger partial charge in [-0.25, -0.2) is 0 Å². The zero-order valence-corrected chi connectivity index (χ0v) is 18.6. The first-order valence-electron chi connectivity index (χ1n) is 11.3. The number of anilines is 1. The van der Waals surface area contributed by atoms with Gasteiger partial charge >= 0.3 is 6.18 Å². The van der Waals surface area contributed by atoms with Crippen LogP contribution in [0.4, 0.5) is 18.9 Å². The molecule has 2 fully saturated rings. The minimum atomic E-state index is -4.35. The number of rotatable bonds is 6. The molecule has 8 heteroatoms. The molecule has 1 aliphatic heterocycles.